The van der Waals surface area contributed by atoms with E-state index in [2.05, 4.69) is 268 Å². The van der Waals surface area contributed by atoms with Gasteiger partial charge in [-0.1, -0.05) is 133 Å². The van der Waals surface area contributed by atoms with Gasteiger partial charge in [0.1, 0.15) is 11.2 Å². The molecule has 0 fully saturated rings. The lowest BCUT2D eigenvalue weighted by atomic mass is 10.0. The van der Waals surface area contributed by atoms with E-state index in [9.17, 15) is 0 Å². The average Bonchev–Trinajstić information content (AvgIpc) is 4.10. The van der Waals surface area contributed by atoms with Gasteiger partial charge in [-0.05, 0) is 145 Å². The molecule has 1 aliphatic carbocycles. The Bertz CT molecular complexity index is 4220. The topological polar surface area (TPSA) is 29.5 Å². The number of anilines is 6. The molecule has 0 bridgehead atoms. The molecule has 14 rings (SSSR count). The minimum Gasteiger partial charge on any atom is -0.455 e. The number of allylic oxidation sites excluding steroid dienone is 4. The maximum absolute atomic E-state index is 6.69. The van der Waals surface area contributed by atoms with Crippen molar-refractivity contribution in [3.63, 3.8) is 0 Å². The number of aromatic nitrogens is 2. The van der Waals surface area contributed by atoms with Crippen LogP contribution >= 0.6 is 0 Å². The van der Waals surface area contributed by atoms with Crippen molar-refractivity contribution in [1.29, 1.82) is 0 Å². The van der Waals surface area contributed by atoms with E-state index < -0.39 is 0 Å². The summed E-state index contributed by atoms with van der Waals surface area (Å²) >= 11 is 0. The van der Waals surface area contributed by atoms with Crippen molar-refractivity contribution in [2.75, 3.05) is 9.80 Å². The molecule has 0 aliphatic heterocycles. The van der Waals surface area contributed by atoms with Crippen LogP contribution in [0.1, 0.15) is 12.8 Å². The van der Waals surface area contributed by atoms with Gasteiger partial charge in [-0.2, -0.15) is 0 Å². The Labute approximate surface area is 411 Å². The van der Waals surface area contributed by atoms with Crippen molar-refractivity contribution in [2.24, 2.45) is 0 Å². The highest BCUT2D eigenvalue weighted by Crippen LogP contribution is 2.45. The first kappa shape index (κ1) is 40.7. The zero-order valence-corrected chi connectivity index (χ0v) is 38.9. The third kappa shape index (κ3) is 6.77. The van der Waals surface area contributed by atoms with Crippen molar-refractivity contribution in [2.45, 2.75) is 12.8 Å². The maximum Gasteiger partial charge on any atom is 0.145 e. The van der Waals surface area contributed by atoms with E-state index >= 15 is 0 Å². The van der Waals surface area contributed by atoms with Crippen molar-refractivity contribution >= 4 is 105 Å². The van der Waals surface area contributed by atoms with E-state index in [-0.39, 0.29) is 0 Å². The molecule has 0 radical (unpaired) electrons. The molecule has 0 N–H and O–H groups in total. The molecule has 3 aromatic heterocycles. The minimum atomic E-state index is 0.910. The highest BCUT2D eigenvalue weighted by molar-refractivity contribution is 6.24. The van der Waals surface area contributed by atoms with Gasteiger partial charge in [-0.3, -0.25) is 0 Å². The molecule has 0 saturated carbocycles. The second kappa shape index (κ2) is 16.7. The largest absolute Gasteiger partial charge is 0.455 e. The summed E-state index contributed by atoms with van der Waals surface area (Å²) in [6.45, 7) is 0. The first-order chi connectivity index (χ1) is 35.2. The van der Waals surface area contributed by atoms with Gasteiger partial charge in [0.15, 0.2) is 0 Å². The SMILES string of the molecule is C1=CCCC(n2c3cc(N(c4ccccc4)c4ccc(-c5cccc(N(c6ccccc6)c6ccc7c8ccccc8n(-c8ccccc8)c7c6)c5)cc4)ccc3c3c4oc5ccccc5c4ccc32)=C1. The van der Waals surface area contributed by atoms with Crippen LogP contribution in [0.4, 0.5) is 34.1 Å². The molecule has 71 heavy (non-hydrogen) atoms. The summed E-state index contributed by atoms with van der Waals surface area (Å²) in [4.78, 5) is 4.74. The van der Waals surface area contributed by atoms with Crippen molar-refractivity contribution < 1.29 is 4.42 Å². The minimum absolute atomic E-state index is 0.910. The number of rotatable bonds is 9. The smallest absolute Gasteiger partial charge is 0.145 e. The molecule has 0 saturated heterocycles. The molecule has 336 valence electrons. The fourth-order valence-corrected chi connectivity index (χ4v) is 11.1. The maximum atomic E-state index is 6.69. The van der Waals surface area contributed by atoms with E-state index in [1.807, 2.05) is 6.07 Å². The van der Waals surface area contributed by atoms with Gasteiger partial charge in [0.2, 0.25) is 0 Å². The summed E-state index contributed by atoms with van der Waals surface area (Å²) in [7, 11) is 0. The quantitative estimate of drug-likeness (QED) is 0.144. The van der Waals surface area contributed by atoms with Gasteiger partial charge in [0.05, 0.1) is 27.5 Å². The van der Waals surface area contributed by atoms with Crippen LogP contribution in [0.2, 0.25) is 0 Å². The van der Waals surface area contributed by atoms with Crippen LogP contribution in [-0.4, -0.2) is 9.13 Å². The van der Waals surface area contributed by atoms with Crippen molar-refractivity contribution in [3.8, 4) is 16.8 Å². The van der Waals surface area contributed by atoms with E-state index in [0.29, 0.717) is 0 Å². The monoisotopic (exact) mass is 910 g/mol. The average molecular weight is 911 g/mol. The number of hydrogen-bond acceptors (Lipinski definition) is 3. The zero-order valence-electron chi connectivity index (χ0n) is 38.9. The Morgan fingerprint density at radius 1 is 0.366 bits per heavy atom. The van der Waals surface area contributed by atoms with Crippen LogP contribution in [0, 0.1) is 0 Å². The number of para-hydroxylation sites is 5. The number of benzene rings is 10. The molecule has 0 amide bonds. The summed E-state index contributed by atoms with van der Waals surface area (Å²) < 4.78 is 11.5. The molecule has 0 unspecified atom stereocenters. The molecule has 5 nitrogen and oxygen atoms in total. The predicted octanol–water partition coefficient (Wildman–Crippen LogP) is 18.6. The van der Waals surface area contributed by atoms with E-state index in [1.165, 1.54) is 27.4 Å². The Hall–Kier alpha value is -9.32. The molecular formula is C66H46N4O. The number of fused-ring (bicyclic) bond motifs is 10. The molecular weight excluding hydrogens is 865 g/mol. The highest BCUT2D eigenvalue weighted by atomic mass is 16.3. The third-order valence-corrected chi connectivity index (χ3v) is 14.3. The fraction of sp³-hybridized carbons (Fsp3) is 0.0303. The summed E-state index contributed by atoms with van der Waals surface area (Å²) in [5.74, 6) is 0. The highest BCUT2D eigenvalue weighted by Gasteiger charge is 2.23. The van der Waals surface area contributed by atoms with Crippen LogP contribution in [0.25, 0.3) is 88.1 Å². The Morgan fingerprint density at radius 2 is 0.930 bits per heavy atom. The molecule has 0 spiro atoms. The lowest BCUT2D eigenvalue weighted by molar-refractivity contribution is 0.673. The summed E-state index contributed by atoms with van der Waals surface area (Å²) in [5.41, 5.74) is 17.7. The second-order valence-corrected chi connectivity index (χ2v) is 18.4. The Balaban J connectivity index is 0.874. The number of hydrogen-bond donors (Lipinski definition) is 0. The first-order valence-corrected chi connectivity index (χ1v) is 24.5. The van der Waals surface area contributed by atoms with Gasteiger partial charge < -0.3 is 23.4 Å². The van der Waals surface area contributed by atoms with Crippen LogP contribution < -0.4 is 9.80 Å². The number of furan rings is 1. The third-order valence-electron chi connectivity index (χ3n) is 14.3. The van der Waals surface area contributed by atoms with Crippen LogP contribution in [0.15, 0.2) is 259 Å². The molecule has 3 heterocycles. The van der Waals surface area contributed by atoms with Gasteiger partial charge in [0, 0.05) is 72.4 Å². The van der Waals surface area contributed by atoms with Crippen molar-refractivity contribution in [1.82, 2.24) is 9.13 Å². The number of nitrogens with zero attached hydrogens (tertiary/aromatic N) is 4. The molecule has 1 aliphatic rings. The fourth-order valence-electron chi connectivity index (χ4n) is 11.1. The van der Waals surface area contributed by atoms with Crippen LogP contribution in [0.5, 0.6) is 0 Å². The van der Waals surface area contributed by atoms with E-state index in [1.54, 1.807) is 0 Å². The first-order valence-electron chi connectivity index (χ1n) is 24.5. The lowest BCUT2D eigenvalue weighted by Gasteiger charge is -2.27. The van der Waals surface area contributed by atoms with Crippen LogP contribution in [-0.2, 0) is 0 Å². The molecule has 5 heteroatoms. The van der Waals surface area contributed by atoms with E-state index in [4.69, 9.17) is 4.42 Å². The van der Waals surface area contributed by atoms with Gasteiger partial charge in [-0.25, -0.2) is 0 Å². The standard InChI is InChI=1S/C66H46N4O/c1-5-19-47(20-6-1)67(53-37-39-59-63(44-53)70(50-25-11-4-12-26-50)61-41-40-58-57-29-14-16-31-64(57)71-66(58)65(59)61)51-34-32-45(33-35-51)46-18-17-27-52(42-46)68(48-21-7-2-8-22-48)54-36-38-56-55-28-13-15-30-60(55)69(62(56)43-54)49-23-9-3-10-24-49/h1-11,13-25,27-44H,12,26H2. The molecule has 10 aromatic carbocycles. The second-order valence-electron chi connectivity index (χ2n) is 18.4. The van der Waals surface area contributed by atoms with Gasteiger partial charge >= 0.3 is 0 Å². The Morgan fingerprint density at radius 3 is 1.66 bits per heavy atom. The normalized spacial score (nSPS) is 12.7. The summed E-state index contributed by atoms with van der Waals surface area (Å²) in [6.07, 6.45) is 8.68. The summed E-state index contributed by atoms with van der Waals surface area (Å²) in [5, 5.41) is 7.07. The Kier molecular flexibility index (Phi) is 9.59. The van der Waals surface area contributed by atoms with Gasteiger partial charge in [-0.15, -0.1) is 0 Å². The zero-order chi connectivity index (χ0) is 46.8. The summed E-state index contributed by atoms with van der Waals surface area (Å²) in [6, 6.07) is 85.4. The van der Waals surface area contributed by atoms with Crippen LogP contribution in [0.3, 0.4) is 0 Å². The van der Waals surface area contributed by atoms with Crippen molar-refractivity contribution in [3.05, 3.63) is 255 Å². The molecule has 0 atom stereocenters. The lowest BCUT2D eigenvalue weighted by Crippen LogP contribution is -2.10. The van der Waals surface area contributed by atoms with E-state index in [0.717, 1.165) is 108 Å². The van der Waals surface area contributed by atoms with Gasteiger partial charge in [0.25, 0.3) is 0 Å². The molecule has 13 aromatic rings. The predicted molar refractivity (Wildman–Crippen MR) is 299 cm³/mol.